The summed E-state index contributed by atoms with van der Waals surface area (Å²) in [7, 11) is 0. The molecule has 0 atom stereocenters. The van der Waals surface area contributed by atoms with Crippen molar-refractivity contribution >= 4 is 21.8 Å². The van der Waals surface area contributed by atoms with Crippen LogP contribution in [0.5, 0.6) is 0 Å². The molecule has 1 amide bonds. The highest BCUT2D eigenvalue weighted by Crippen LogP contribution is 2.22. The van der Waals surface area contributed by atoms with Gasteiger partial charge in [-0.05, 0) is 50.2 Å². The summed E-state index contributed by atoms with van der Waals surface area (Å²) in [5.74, 6) is 0.0669. The molecule has 0 saturated heterocycles. The average Bonchev–Trinajstić information content (AvgIpc) is 2.64. The minimum absolute atomic E-state index is 0.0669. The number of nitrogens with one attached hydrogen (secondary N) is 1. The van der Waals surface area contributed by atoms with E-state index < -0.39 is 0 Å². The van der Waals surface area contributed by atoms with Crippen molar-refractivity contribution in [1.82, 2.24) is 20.0 Å². The lowest BCUT2D eigenvalue weighted by Gasteiger charge is -2.21. The number of likely N-dealkylation sites (N-methyl/N-ethyl adjacent to an activating group) is 1. The summed E-state index contributed by atoms with van der Waals surface area (Å²) < 4.78 is 3.03. The summed E-state index contributed by atoms with van der Waals surface area (Å²) in [6.45, 7) is 12.9. The molecule has 0 spiro atoms. The maximum absolute atomic E-state index is 11.9. The quantitative estimate of drug-likeness (QED) is 0.825. The topological polar surface area (TPSA) is 50.2 Å². The van der Waals surface area contributed by atoms with Crippen LogP contribution >= 0.6 is 15.9 Å². The van der Waals surface area contributed by atoms with Gasteiger partial charge in [0, 0.05) is 19.1 Å². The molecular formula is C14H25BrN4O. The Morgan fingerprint density at radius 2 is 2.10 bits per heavy atom. The average molecular weight is 345 g/mol. The van der Waals surface area contributed by atoms with Crippen molar-refractivity contribution in [2.75, 3.05) is 13.1 Å². The lowest BCUT2D eigenvalue weighted by molar-refractivity contribution is -0.122. The second kappa shape index (κ2) is 7.78. The Morgan fingerprint density at radius 1 is 1.45 bits per heavy atom. The third-order valence-corrected chi connectivity index (χ3v) is 4.12. The number of hydrogen-bond acceptors (Lipinski definition) is 3. The summed E-state index contributed by atoms with van der Waals surface area (Å²) >= 11 is 3.60. The summed E-state index contributed by atoms with van der Waals surface area (Å²) in [4.78, 5) is 14.0. The lowest BCUT2D eigenvalue weighted by atomic mass is 10.3. The van der Waals surface area contributed by atoms with E-state index in [1.165, 1.54) is 0 Å². The monoisotopic (exact) mass is 344 g/mol. The zero-order valence-electron chi connectivity index (χ0n) is 13.0. The Hall–Kier alpha value is -0.880. The maximum atomic E-state index is 11.9. The lowest BCUT2D eigenvalue weighted by Crippen LogP contribution is -2.40. The smallest absolute Gasteiger partial charge is 0.234 e. The van der Waals surface area contributed by atoms with Crippen LogP contribution in [0.3, 0.4) is 0 Å². The van der Waals surface area contributed by atoms with Gasteiger partial charge in [-0.3, -0.25) is 14.4 Å². The summed E-state index contributed by atoms with van der Waals surface area (Å²) in [6.07, 6.45) is 0. The first-order valence-corrected chi connectivity index (χ1v) is 7.91. The van der Waals surface area contributed by atoms with Crippen molar-refractivity contribution in [3.63, 3.8) is 0 Å². The first-order valence-electron chi connectivity index (χ1n) is 7.12. The van der Waals surface area contributed by atoms with Gasteiger partial charge in [0.05, 0.1) is 22.4 Å². The van der Waals surface area contributed by atoms with Crippen LogP contribution in [0.2, 0.25) is 0 Å². The highest BCUT2D eigenvalue weighted by molar-refractivity contribution is 9.10. The van der Waals surface area contributed by atoms with Crippen LogP contribution in [0.4, 0.5) is 0 Å². The van der Waals surface area contributed by atoms with Crippen LogP contribution < -0.4 is 5.32 Å². The number of nitrogens with zero attached hydrogens (tertiary/aromatic N) is 3. The molecule has 0 radical (unpaired) electrons. The van der Waals surface area contributed by atoms with Crippen molar-refractivity contribution < 1.29 is 4.79 Å². The number of aromatic nitrogens is 2. The van der Waals surface area contributed by atoms with Crippen LogP contribution in [-0.2, 0) is 17.9 Å². The minimum atomic E-state index is 0.0669. The van der Waals surface area contributed by atoms with E-state index in [0.29, 0.717) is 6.54 Å². The van der Waals surface area contributed by atoms with E-state index in [1.54, 1.807) is 0 Å². The van der Waals surface area contributed by atoms with Crippen LogP contribution in [0.25, 0.3) is 0 Å². The zero-order chi connectivity index (χ0) is 15.3. The highest BCUT2D eigenvalue weighted by Gasteiger charge is 2.17. The first kappa shape index (κ1) is 17.2. The van der Waals surface area contributed by atoms with Crippen LogP contribution in [0.15, 0.2) is 4.47 Å². The van der Waals surface area contributed by atoms with Crippen molar-refractivity contribution in [2.45, 2.75) is 53.8 Å². The SMILES string of the molecule is CCN(CC(=O)NC(C)C)Cc1c(Br)c(C)nn1CC. The molecule has 0 aliphatic heterocycles. The zero-order valence-corrected chi connectivity index (χ0v) is 14.6. The fourth-order valence-corrected chi connectivity index (χ4v) is 2.49. The minimum Gasteiger partial charge on any atom is -0.353 e. The third kappa shape index (κ3) is 4.59. The highest BCUT2D eigenvalue weighted by atomic mass is 79.9. The molecule has 0 bridgehead atoms. The summed E-state index contributed by atoms with van der Waals surface area (Å²) in [5.41, 5.74) is 2.12. The van der Waals surface area contributed by atoms with Gasteiger partial charge in [0.15, 0.2) is 0 Å². The molecule has 6 heteroatoms. The van der Waals surface area contributed by atoms with Gasteiger partial charge in [0.1, 0.15) is 0 Å². The van der Waals surface area contributed by atoms with E-state index >= 15 is 0 Å². The number of halogens is 1. The molecule has 20 heavy (non-hydrogen) atoms. The molecule has 0 fully saturated rings. The van der Waals surface area contributed by atoms with Gasteiger partial charge in [-0.15, -0.1) is 0 Å². The Morgan fingerprint density at radius 3 is 2.60 bits per heavy atom. The fourth-order valence-electron chi connectivity index (χ4n) is 2.08. The first-order chi connectivity index (χ1) is 9.38. The number of aryl methyl sites for hydroxylation is 2. The predicted octanol–water partition coefficient (Wildman–Crippen LogP) is 2.32. The molecule has 0 aromatic carbocycles. The van der Waals surface area contributed by atoms with Crippen LogP contribution in [0, 0.1) is 6.92 Å². The summed E-state index contributed by atoms with van der Waals surface area (Å²) in [6, 6.07) is 0.177. The molecule has 1 aromatic heterocycles. The van der Waals surface area contributed by atoms with Gasteiger partial charge in [-0.2, -0.15) is 5.10 Å². The van der Waals surface area contributed by atoms with Gasteiger partial charge in [-0.25, -0.2) is 0 Å². The van der Waals surface area contributed by atoms with E-state index in [9.17, 15) is 4.79 Å². The van der Waals surface area contributed by atoms with Crippen molar-refractivity contribution in [1.29, 1.82) is 0 Å². The van der Waals surface area contributed by atoms with E-state index in [-0.39, 0.29) is 11.9 Å². The number of rotatable bonds is 7. The largest absolute Gasteiger partial charge is 0.353 e. The molecule has 1 N–H and O–H groups in total. The Kier molecular flexibility index (Phi) is 6.68. The van der Waals surface area contributed by atoms with Crippen molar-refractivity contribution in [3.05, 3.63) is 15.9 Å². The molecule has 1 heterocycles. The molecule has 1 rings (SSSR count). The Labute approximate surface area is 129 Å². The third-order valence-electron chi connectivity index (χ3n) is 3.09. The molecule has 1 aromatic rings. The predicted molar refractivity (Wildman–Crippen MR) is 84.6 cm³/mol. The van der Waals surface area contributed by atoms with Crippen molar-refractivity contribution in [2.24, 2.45) is 0 Å². The molecule has 0 aliphatic carbocycles. The number of carbonyl (C=O) groups excluding carboxylic acids is 1. The molecular weight excluding hydrogens is 320 g/mol. The van der Waals surface area contributed by atoms with Gasteiger partial charge in [0.25, 0.3) is 0 Å². The van der Waals surface area contributed by atoms with Gasteiger partial charge in [0.2, 0.25) is 5.91 Å². The number of carbonyl (C=O) groups is 1. The summed E-state index contributed by atoms with van der Waals surface area (Å²) in [5, 5.41) is 7.41. The van der Waals surface area contributed by atoms with Crippen molar-refractivity contribution in [3.8, 4) is 0 Å². The van der Waals surface area contributed by atoms with E-state index in [2.05, 4.69) is 45.1 Å². The number of amides is 1. The molecule has 0 aliphatic rings. The Bertz CT molecular complexity index is 456. The second-order valence-corrected chi connectivity index (χ2v) is 5.98. The molecule has 114 valence electrons. The van der Waals surface area contributed by atoms with Gasteiger partial charge in [-0.1, -0.05) is 6.92 Å². The van der Waals surface area contributed by atoms with E-state index in [4.69, 9.17) is 0 Å². The number of hydrogen-bond donors (Lipinski definition) is 1. The Balaban J connectivity index is 2.76. The van der Waals surface area contributed by atoms with Crippen LogP contribution in [-0.4, -0.2) is 39.7 Å². The van der Waals surface area contributed by atoms with E-state index in [0.717, 1.165) is 35.5 Å². The van der Waals surface area contributed by atoms with Gasteiger partial charge < -0.3 is 5.32 Å². The standard InChI is InChI=1S/C14H25BrN4O/c1-6-18(9-13(20)16-10(3)4)8-12-14(15)11(5)17-19(12)7-2/h10H,6-9H2,1-5H3,(H,16,20). The normalized spacial score (nSPS) is 11.4. The van der Waals surface area contributed by atoms with Crippen LogP contribution in [0.1, 0.15) is 39.1 Å². The second-order valence-electron chi connectivity index (χ2n) is 5.19. The van der Waals surface area contributed by atoms with E-state index in [1.807, 2.05) is 25.5 Å². The fraction of sp³-hybridized carbons (Fsp3) is 0.714. The maximum Gasteiger partial charge on any atom is 0.234 e. The molecule has 0 unspecified atom stereocenters. The molecule has 5 nitrogen and oxygen atoms in total. The van der Waals surface area contributed by atoms with Gasteiger partial charge >= 0.3 is 0 Å². The molecule has 0 saturated carbocycles.